The second-order valence-electron chi connectivity index (χ2n) is 2.79. The molecule has 0 saturated carbocycles. The standard InChI is InChI=1S/C8H12O4/c1-5-6(3-2-4-9)12-8(11)7(5)10/h6,9-10H,2-4H2,1H3. The topological polar surface area (TPSA) is 66.8 Å². The number of carbonyl (C=O) groups is 1. The van der Waals surface area contributed by atoms with Crippen LogP contribution in [-0.4, -0.2) is 28.9 Å². The minimum atomic E-state index is -0.657. The summed E-state index contributed by atoms with van der Waals surface area (Å²) in [4.78, 5) is 10.8. The lowest BCUT2D eigenvalue weighted by molar-refractivity contribution is -0.142. The molecule has 1 heterocycles. The lowest BCUT2D eigenvalue weighted by Gasteiger charge is -2.08. The van der Waals surface area contributed by atoms with E-state index in [0.717, 1.165) is 0 Å². The first-order valence-corrected chi connectivity index (χ1v) is 3.88. The zero-order chi connectivity index (χ0) is 9.14. The predicted octanol–water partition coefficient (Wildman–Crippen LogP) is 0.516. The Morgan fingerprint density at radius 1 is 1.58 bits per heavy atom. The lowest BCUT2D eigenvalue weighted by Crippen LogP contribution is -2.11. The molecule has 1 atom stereocenters. The van der Waals surface area contributed by atoms with Gasteiger partial charge in [0.05, 0.1) is 0 Å². The van der Waals surface area contributed by atoms with Crippen molar-refractivity contribution in [2.24, 2.45) is 0 Å². The first-order valence-electron chi connectivity index (χ1n) is 3.88. The second kappa shape index (κ2) is 3.58. The highest BCUT2D eigenvalue weighted by atomic mass is 16.6. The van der Waals surface area contributed by atoms with Crippen LogP contribution in [0.5, 0.6) is 0 Å². The Hall–Kier alpha value is -1.03. The van der Waals surface area contributed by atoms with Crippen LogP contribution >= 0.6 is 0 Å². The van der Waals surface area contributed by atoms with E-state index in [4.69, 9.17) is 14.9 Å². The van der Waals surface area contributed by atoms with Gasteiger partial charge in [0.1, 0.15) is 6.10 Å². The third-order valence-corrected chi connectivity index (χ3v) is 1.92. The Labute approximate surface area is 70.5 Å². The van der Waals surface area contributed by atoms with E-state index in [1.807, 2.05) is 0 Å². The number of carbonyl (C=O) groups excluding carboxylic acids is 1. The summed E-state index contributed by atoms with van der Waals surface area (Å²) in [6.45, 7) is 1.73. The summed E-state index contributed by atoms with van der Waals surface area (Å²) in [6, 6.07) is 0. The van der Waals surface area contributed by atoms with Crippen molar-refractivity contribution >= 4 is 5.97 Å². The molecular weight excluding hydrogens is 160 g/mol. The average molecular weight is 172 g/mol. The maximum Gasteiger partial charge on any atom is 0.374 e. The summed E-state index contributed by atoms with van der Waals surface area (Å²) >= 11 is 0. The average Bonchev–Trinajstić information content (AvgIpc) is 2.30. The van der Waals surface area contributed by atoms with E-state index in [-0.39, 0.29) is 18.5 Å². The molecule has 0 saturated heterocycles. The van der Waals surface area contributed by atoms with Crippen LogP contribution in [0.3, 0.4) is 0 Å². The van der Waals surface area contributed by atoms with Crippen LogP contribution in [0.15, 0.2) is 11.3 Å². The molecule has 1 rings (SSSR count). The number of aliphatic hydroxyl groups excluding tert-OH is 2. The number of aliphatic hydroxyl groups is 2. The van der Waals surface area contributed by atoms with Crippen molar-refractivity contribution in [2.75, 3.05) is 6.61 Å². The molecule has 68 valence electrons. The smallest absolute Gasteiger partial charge is 0.374 e. The molecular formula is C8H12O4. The first kappa shape index (κ1) is 9.06. The SMILES string of the molecule is CC1=C(O)C(=O)OC1CCCO. The summed E-state index contributed by atoms with van der Waals surface area (Å²) in [7, 11) is 0. The highest BCUT2D eigenvalue weighted by Gasteiger charge is 2.30. The third kappa shape index (κ3) is 1.58. The first-order chi connectivity index (χ1) is 5.66. The van der Waals surface area contributed by atoms with Crippen LogP contribution in [0.2, 0.25) is 0 Å². The van der Waals surface area contributed by atoms with Gasteiger partial charge in [0.25, 0.3) is 0 Å². The molecule has 0 spiro atoms. The Morgan fingerprint density at radius 3 is 2.67 bits per heavy atom. The van der Waals surface area contributed by atoms with E-state index in [1.165, 1.54) is 0 Å². The molecule has 0 bridgehead atoms. The van der Waals surface area contributed by atoms with Crippen LogP contribution in [-0.2, 0) is 9.53 Å². The predicted molar refractivity (Wildman–Crippen MR) is 41.5 cm³/mol. The molecule has 0 aliphatic carbocycles. The molecule has 0 fully saturated rings. The van der Waals surface area contributed by atoms with Crippen LogP contribution in [0.1, 0.15) is 19.8 Å². The van der Waals surface area contributed by atoms with Gasteiger partial charge in [0.2, 0.25) is 5.76 Å². The normalized spacial score (nSPS) is 23.2. The van der Waals surface area contributed by atoms with E-state index in [9.17, 15) is 4.79 Å². The zero-order valence-electron chi connectivity index (χ0n) is 6.91. The second-order valence-corrected chi connectivity index (χ2v) is 2.79. The van der Waals surface area contributed by atoms with Crippen LogP contribution in [0.4, 0.5) is 0 Å². The van der Waals surface area contributed by atoms with Gasteiger partial charge < -0.3 is 14.9 Å². The van der Waals surface area contributed by atoms with E-state index in [2.05, 4.69) is 0 Å². The van der Waals surface area contributed by atoms with Gasteiger partial charge in [-0.1, -0.05) is 0 Å². The van der Waals surface area contributed by atoms with Crippen molar-refractivity contribution < 1.29 is 19.7 Å². The molecule has 0 aromatic carbocycles. The largest absolute Gasteiger partial charge is 0.502 e. The maximum absolute atomic E-state index is 10.8. The van der Waals surface area contributed by atoms with Crippen molar-refractivity contribution in [3.63, 3.8) is 0 Å². The highest BCUT2D eigenvalue weighted by molar-refractivity contribution is 5.89. The molecule has 1 aliphatic heterocycles. The van der Waals surface area contributed by atoms with Crippen LogP contribution in [0, 0.1) is 0 Å². The van der Waals surface area contributed by atoms with Gasteiger partial charge in [0, 0.05) is 12.2 Å². The van der Waals surface area contributed by atoms with Crippen molar-refractivity contribution in [3.05, 3.63) is 11.3 Å². The molecule has 4 nitrogen and oxygen atoms in total. The summed E-state index contributed by atoms with van der Waals surface area (Å²) in [5.74, 6) is -0.937. The van der Waals surface area contributed by atoms with Gasteiger partial charge in [-0.25, -0.2) is 4.79 Å². The molecule has 1 aliphatic rings. The fraction of sp³-hybridized carbons (Fsp3) is 0.625. The minimum absolute atomic E-state index is 0.0715. The Kier molecular flexibility index (Phi) is 2.70. The Bertz CT molecular complexity index is 219. The molecule has 0 aromatic heterocycles. The molecule has 12 heavy (non-hydrogen) atoms. The number of esters is 1. The van der Waals surface area contributed by atoms with E-state index >= 15 is 0 Å². The number of rotatable bonds is 3. The van der Waals surface area contributed by atoms with Gasteiger partial charge in [-0.2, -0.15) is 0 Å². The molecule has 2 N–H and O–H groups in total. The van der Waals surface area contributed by atoms with Crippen molar-refractivity contribution in [1.82, 2.24) is 0 Å². The van der Waals surface area contributed by atoms with Crippen molar-refractivity contribution in [2.45, 2.75) is 25.9 Å². The van der Waals surface area contributed by atoms with Crippen LogP contribution in [0.25, 0.3) is 0 Å². The Balaban J connectivity index is 2.55. The summed E-state index contributed by atoms with van der Waals surface area (Å²) in [5.41, 5.74) is 0.563. The molecule has 4 heteroatoms. The van der Waals surface area contributed by atoms with Gasteiger partial charge in [-0.3, -0.25) is 0 Å². The van der Waals surface area contributed by atoms with E-state index < -0.39 is 5.97 Å². The van der Waals surface area contributed by atoms with Gasteiger partial charge in [-0.15, -0.1) is 0 Å². The molecule has 0 amide bonds. The number of hydrogen-bond acceptors (Lipinski definition) is 4. The van der Waals surface area contributed by atoms with Gasteiger partial charge >= 0.3 is 5.97 Å². The minimum Gasteiger partial charge on any atom is -0.502 e. The summed E-state index contributed by atoms with van der Waals surface area (Å²) in [5, 5.41) is 17.6. The van der Waals surface area contributed by atoms with E-state index in [1.54, 1.807) is 6.92 Å². The summed E-state index contributed by atoms with van der Waals surface area (Å²) in [6.07, 6.45) is 0.797. The number of hydrogen-bond donors (Lipinski definition) is 2. The zero-order valence-corrected chi connectivity index (χ0v) is 6.91. The molecule has 0 aromatic rings. The van der Waals surface area contributed by atoms with Crippen LogP contribution < -0.4 is 0 Å². The fourth-order valence-electron chi connectivity index (χ4n) is 1.14. The maximum atomic E-state index is 10.8. The lowest BCUT2D eigenvalue weighted by atomic mass is 10.1. The molecule has 0 radical (unpaired) electrons. The van der Waals surface area contributed by atoms with Crippen molar-refractivity contribution in [1.29, 1.82) is 0 Å². The third-order valence-electron chi connectivity index (χ3n) is 1.92. The number of ether oxygens (including phenoxy) is 1. The van der Waals surface area contributed by atoms with E-state index in [0.29, 0.717) is 18.4 Å². The highest BCUT2D eigenvalue weighted by Crippen LogP contribution is 2.23. The fourth-order valence-corrected chi connectivity index (χ4v) is 1.14. The van der Waals surface area contributed by atoms with Gasteiger partial charge in [-0.05, 0) is 19.8 Å². The number of cyclic esters (lactones) is 1. The Morgan fingerprint density at radius 2 is 2.25 bits per heavy atom. The van der Waals surface area contributed by atoms with Crippen molar-refractivity contribution in [3.8, 4) is 0 Å². The molecule has 1 unspecified atom stereocenters. The van der Waals surface area contributed by atoms with Gasteiger partial charge in [0.15, 0.2) is 0 Å². The monoisotopic (exact) mass is 172 g/mol. The quantitative estimate of drug-likeness (QED) is 0.609. The summed E-state index contributed by atoms with van der Waals surface area (Å²) < 4.78 is 4.81.